The molecule has 1 heterocycles. The summed E-state index contributed by atoms with van der Waals surface area (Å²) in [6.45, 7) is 6.46. The van der Waals surface area contributed by atoms with Gasteiger partial charge in [-0.3, -0.25) is 10.2 Å². The van der Waals surface area contributed by atoms with E-state index < -0.39 is 0 Å². The van der Waals surface area contributed by atoms with Gasteiger partial charge in [0, 0.05) is 0 Å². The van der Waals surface area contributed by atoms with Gasteiger partial charge >= 0.3 is 0 Å². The molecule has 3 nitrogen and oxygen atoms in total. The van der Waals surface area contributed by atoms with Crippen molar-refractivity contribution in [1.29, 1.82) is 0 Å². The molecule has 2 rings (SSSR count). The Balaban J connectivity index is 2.20. The van der Waals surface area contributed by atoms with E-state index in [9.17, 15) is 4.79 Å². The first-order valence-corrected chi connectivity index (χ1v) is 5.19. The number of carbonyl (C=O) groups is 1. The van der Waals surface area contributed by atoms with Crippen molar-refractivity contribution < 1.29 is 4.79 Å². The number of hydrogen-bond acceptors (Lipinski definition) is 2. The maximum Gasteiger partial charge on any atom is 0.238 e. The lowest BCUT2D eigenvalue weighted by molar-refractivity contribution is -0.122. The van der Waals surface area contributed by atoms with E-state index in [1.54, 1.807) is 0 Å². The molecule has 4 unspecified atom stereocenters. The van der Waals surface area contributed by atoms with Gasteiger partial charge < -0.3 is 0 Å². The highest BCUT2D eigenvalue weighted by Gasteiger charge is 2.56. The monoisotopic (exact) mass is 182 g/mol. The first kappa shape index (κ1) is 9.00. The molecule has 1 saturated heterocycles. The minimum Gasteiger partial charge on any atom is -0.291 e. The number of hydrogen-bond donors (Lipinski definition) is 2. The van der Waals surface area contributed by atoms with Gasteiger partial charge in [0.05, 0.1) is 11.5 Å². The molecule has 74 valence electrons. The molecule has 3 heteroatoms. The zero-order valence-corrected chi connectivity index (χ0v) is 8.55. The van der Waals surface area contributed by atoms with Crippen LogP contribution in [0, 0.1) is 17.8 Å². The Bertz CT molecular complexity index is 241. The maximum absolute atomic E-state index is 11.4. The van der Waals surface area contributed by atoms with Gasteiger partial charge in [-0.1, -0.05) is 20.8 Å². The smallest absolute Gasteiger partial charge is 0.238 e. The summed E-state index contributed by atoms with van der Waals surface area (Å²) >= 11 is 0. The molecular formula is C10H18N2O. The van der Waals surface area contributed by atoms with Gasteiger partial charge in [-0.25, -0.2) is 5.43 Å². The second kappa shape index (κ2) is 2.71. The molecule has 13 heavy (non-hydrogen) atoms. The van der Waals surface area contributed by atoms with Gasteiger partial charge in [0.2, 0.25) is 5.91 Å². The molecule has 0 aromatic rings. The van der Waals surface area contributed by atoms with Gasteiger partial charge in [0.15, 0.2) is 0 Å². The molecule has 0 bridgehead atoms. The van der Waals surface area contributed by atoms with E-state index >= 15 is 0 Å². The first-order chi connectivity index (χ1) is 6.12. The summed E-state index contributed by atoms with van der Waals surface area (Å²) in [6, 6.07) is 0. The average Bonchev–Trinajstić information content (AvgIpc) is 2.77. The van der Waals surface area contributed by atoms with Gasteiger partial charge in [-0.15, -0.1) is 0 Å². The zero-order valence-electron chi connectivity index (χ0n) is 8.55. The predicted molar refractivity (Wildman–Crippen MR) is 50.7 cm³/mol. The lowest BCUT2D eigenvalue weighted by Gasteiger charge is -2.30. The summed E-state index contributed by atoms with van der Waals surface area (Å²) in [7, 11) is 0. The average molecular weight is 182 g/mol. The molecule has 1 aliphatic heterocycles. The van der Waals surface area contributed by atoms with Gasteiger partial charge in [-0.05, 0) is 24.7 Å². The molecule has 0 aromatic carbocycles. The van der Waals surface area contributed by atoms with Crippen LogP contribution in [-0.2, 0) is 4.79 Å². The predicted octanol–water partition coefficient (Wildman–Crippen LogP) is 1.06. The maximum atomic E-state index is 11.4. The van der Waals surface area contributed by atoms with E-state index in [0.717, 1.165) is 12.3 Å². The van der Waals surface area contributed by atoms with Crippen LogP contribution in [0.15, 0.2) is 0 Å². The fourth-order valence-electron chi connectivity index (χ4n) is 2.74. The fourth-order valence-corrected chi connectivity index (χ4v) is 2.74. The molecule has 0 spiro atoms. The molecule has 1 saturated carbocycles. The minimum absolute atomic E-state index is 0.0382. The van der Waals surface area contributed by atoms with E-state index in [1.807, 2.05) is 6.92 Å². The van der Waals surface area contributed by atoms with Crippen LogP contribution in [0.2, 0.25) is 0 Å². The Kier molecular flexibility index (Phi) is 1.88. The highest BCUT2D eigenvalue weighted by Crippen LogP contribution is 2.51. The van der Waals surface area contributed by atoms with Crippen LogP contribution in [0.5, 0.6) is 0 Å². The van der Waals surface area contributed by atoms with Gasteiger partial charge in [0.1, 0.15) is 0 Å². The Hall–Kier alpha value is -0.570. The number of rotatable bonds is 2. The van der Waals surface area contributed by atoms with Crippen LogP contribution in [0.1, 0.15) is 33.6 Å². The van der Waals surface area contributed by atoms with Gasteiger partial charge in [-0.2, -0.15) is 0 Å². The normalized spacial score (nSPS) is 49.2. The van der Waals surface area contributed by atoms with Crippen molar-refractivity contribution in [2.24, 2.45) is 17.8 Å². The summed E-state index contributed by atoms with van der Waals surface area (Å²) in [5.41, 5.74) is 6.01. The Labute approximate surface area is 79.2 Å². The van der Waals surface area contributed by atoms with Crippen molar-refractivity contribution >= 4 is 5.91 Å². The van der Waals surface area contributed by atoms with Crippen LogP contribution in [-0.4, -0.2) is 11.4 Å². The third-order valence-corrected chi connectivity index (χ3v) is 3.94. The quantitative estimate of drug-likeness (QED) is 0.670. The lowest BCUT2D eigenvalue weighted by atomic mass is 9.79. The molecule has 4 atom stereocenters. The molecule has 2 aliphatic rings. The van der Waals surface area contributed by atoms with Crippen molar-refractivity contribution in [2.75, 3.05) is 0 Å². The van der Waals surface area contributed by atoms with Gasteiger partial charge in [0.25, 0.3) is 0 Å². The Morgan fingerprint density at radius 2 is 2.15 bits per heavy atom. The fraction of sp³-hybridized carbons (Fsp3) is 0.900. The minimum atomic E-state index is 0.0382. The van der Waals surface area contributed by atoms with E-state index in [1.165, 1.54) is 6.42 Å². The van der Waals surface area contributed by atoms with Crippen LogP contribution in [0.25, 0.3) is 0 Å². The summed E-state index contributed by atoms with van der Waals surface area (Å²) in [6.07, 6.45) is 2.29. The first-order valence-electron chi connectivity index (χ1n) is 5.19. The topological polar surface area (TPSA) is 41.1 Å². The van der Waals surface area contributed by atoms with Crippen molar-refractivity contribution in [2.45, 2.75) is 39.2 Å². The highest BCUT2D eigenvalue weighted by atomic mass is 16.2. The zero-order chi connectivity index (χ0) is 9.64. The van der Waals surface area contributed by atoms with Crippen molar-refractivity contribution in [1.82, 2.24) is 10.9 Å². The highest BCUT2D eigenvalue weighted by molar-refractivity contribution is 5.81. The van der Waals surface area contributed by atoms with Crippen LogP contribution in [0.3, 0.4) is 0 Å². The molecule has 1 amide bonds. The van der Waals surface area contributed by atoms with Crippen molar-refractivity contribution in [3.05, 3.63) is 0 Å². The molecular weight excluding hydrogens is 164 g/mol. The standard InChI is InChI=1S/C10H18N2O/c1-4-10(8-5-6(8)2)7(3)9(13)11-12-10/h6-8,12H,4-5H2,1-3H3,(H,11,13). The second-order valence-corrected chi connectivity index (χ2v) is 4.55. The molecule has 1 aliphatic carbocycles. The number of hydrazine groups is 1. The molecule has 2 N–H and O–H groups in total. The Morgan fingerprint density at radius 1 is 1.54 bits per heavy atom. The molecule has 0 radical (unpaired) electrons. The Morgan fingerprint density at radius 3 is 2.46 bits per heavy atom. The summed E-state index contributed by atoms with van der Waals surface area (Å²) in [4.78, 5) is 11.4. The van der Waals surface area contributed by atoms with E-state index in [-0.39, 0.29) is 17.4 Å². The third-order valence-electron chi connectivity index (χ3n) is 3.94. The van der Waals surface area contributed by atoms with Crippen molar-refractivity contribution in [3.8, 4) is 0 Å². The molecule has 0 aromatic heterocycles. The summed E-state index contributed by atoms with van der Waals surface area (Å²) in [5, 5.41) is 0. The van der Waals surface area contributed by atoms with Crippen LogP contribution >= 0.6 is 0 Å². The second-order valence-electron chi connectivity index (χ2n) is 4.55. The largest absolute Gasteiger partial charge is 0.291 e. The van der Waals surface area contributed by atoms with Crippen LogP contribution < -0.4 is 10.9 Å². The third kappa shape index (κ3) is 1.10. The van der Waals surface area contributed by atoms with E-state index in [0.29, 0.717) is 5.92 Å². The SMILES string of the molecule is CCC1(C2CC2C)NNC(=O)C1C. The number of carbonyl (C=O) groups excluding carboxylic acids is 1. The summed E-state index contributed by atoms with van der Waals surface area (Å²) in [5.74, 6) is 1.74. The van der Waals surface area contributed by atoms with Crippen LogP contribution in [0.4, 0.5) is 0 Å². The number of nitrogens with one attached hydrogen (secondary N) is 2. The van der Waals surface area contributed by atoms with Crippen molar-refractivity contribution in [3.63, 3.8) is 0 Å². The van der Waals surface area contributed by atoms with E-state index in [4.69, 9.17) is 0 Å². The van der Waals surface area contributed by atoms with E-state index in [2.05, 4.69) is 24.7 Å². The lowest BCUT2D eigenvalue weighted by Crippen LogP contribution is -2.48. The summed E-state index contributed by atoms with van der Waals surface area (Å²) < 4.78 is 0. The molecule has 2 fully saturated rings. The number of amides is 1.